The highest BCUT2D eigenvalue weighted by Gasteiger charge is 2.20. The van der Waals surface area contributed by atoms with Crippen molar-refractivity contribution in [3.63, 3.8) is 0 Å². The van der Waals surface area contributed by atoms with Gasteiger partial charge in [-0.2, -0.15) is 0 Å². The second kappa shape index (κ2) is 4.81. The predicted octanol–water partition coefficient (Wildman–Crippen LogP) is 4.19. The maximum Gasteiger partial charge on any atom is 0.0471 e. The van der Waals surface area contributed by atoms with Gasteiger partial charge in [-0.3, -0.25) is 0 Å². The summed E-state index contributed by atoms with van der Waals surface area (Å²) in [5.41, 5.74) is 4.67. The summed E-state index contributed by atoms with van der Waals surface area (Å²) in [5.74, 6) is 0.700. The first-order chi connectivity index (χ1) is 7.98. The van der Waals surface area contributed by atoms with Crippen LogP contribution in [0.25, 0.3) is 0 Å². The molecule has 1 nitrogen and oxygen atoms in total. The summed E-state index contributed by atoms with van der Waals surface area (Å²) in [6, 6.07) is 6.98. The molecule has 1 heterocycles. The summed E-state index contributed by atoms with van der Waals surface area (Å²) < 4.78 is 5.46. The highest BCUT2D eigenvalue weighted by Crippen LogP contribution is 2.32. The normalized spacial score (nSPS) is 18.4. The Morgan fingerprint density at radius 1 is 1.12 bits per heavy atom. The van der Waals surface area contributed by atoms with Gasteiger partial charge in [-0.15, -0.1) is 0 Å². The Balaban J connectivity index is 2.31. The molecule has 0 spiro atoms. The van der Waals surface area contributed by atoms with Crippen LogP contribution in [0.1, 0.15) is 56.2 Å². The van der Waals surface area contributed by atoms with Crippen molar-refractivity contribution >= 4 is 0 Å². The van der Waals surface area contributed by atoms with E-state index in [9.17, 15) is 0 Å². The van der Waals surface area contributed by atoms with Crippen LogP contribution in [0.15, 0.2) is 18.2 Å². The Kier molecular flexibility index (Phi) is 3.58. The molecule has 1 aromatic rings. The molecule has 17 heavy (non-hydrogen) atoms. The van der Waals surface area contributed by atoms with E-state index in [-0.39, 0.29) is 5.41 Å². The van der Waals surface area contributed by atoms with Crippen LogP contribution in [0.5, 0.6) is 0 Å². The summed E-state index contributed by atoms with van der Waals surface area (Å²) in [6.07, 6.45) is 2.35. The van der Waals surface area contributed by atoms with Crippen LogP contribution in [-0.2, 0) is 10.2 Å². The molecule has 0 radical (unpaired) electrons. The lowest BCUT2D eigenvalue weighted by atomic mass is 9.81. The monoisotopic (exact) mass is 232 g/mol. The first kappa shape index (κ1) is 12.6. The molecule has 0 aromatic heterocycles. The molecule has 0 N–H and O–H groups in total. The molecule has 2 rings (SSSR count). The van der Waals surface area contributed by atoms with Gasteiger partial charge in [-0.1, -0.05) is 39.0 Å². The van der Waals surface area contributed by atoms with E-state index >= 15 is 0 Å². The standard InChI is InChI=1S/C16H24O/c1-12-5-6-14(16(2,3)4)11-15(12)13-7-9-17-10-8-13/h5-6,11,13H,7-10H2,1-4H3. The third-order valence-corrected chi connectivity index (χ3v) is 3.81. The molecule has 94 valence electrons. The predicted molar refractivity (Wildman–Crippen MR) is 72.7 cm³/mol. The topological polar surface area (TPSA) is 9.23 Å². The van der Waals surface area contributed by atoms with Crippen LogP contribution in [0.3, 0.4) is 0 Å². The van der Waals surface area contributed by atoms with E-state index in [0.717, 1.165) is 13.2 Å². The molecule has 1 aliphatic heterocycles. The quantitative estimate of drug-likeness (QED) is 0.705. The van der Waals surface area contributed by atoms with E-state index in [1.165, 1.54) is 24.0 Å². The Bertz CT molecular complexity index is 381. The Morgan fingerprint density at radius 2 is 1.76 bits per heavy atom. The zero-order valence-electron chi connectivity index (χ0n) is 11.5. The number of hydrogen-bond donors (Lipinski definition) is 0. The van der Waals surface area contributed by atoms with Gasteiger partial charge in [0.05, 0.1) is 0 Å². The summed E-state index contributed by atoms with van der Waals surface area (Å²) in [6.45, 7) is 10.9. The van der Waals surface area contributed by atoms with Crippen molar-refractivity contribution in [1.82, 2.24) is 0 Å². The van der Waals surface area contributed by atoms with Crippen LogP contribution < -0.4 is 0 Å². The number of aryl methyl sites for hydroxylation is 1. The van der Waals surface area contributed by atoms with E-state index in [1.54, 1.807) is 5.56 Å². The van der Waals surface area contributed by atoms with Crippen molar-refractivity contribution in [2.24, 2.45) is 0 Å². The van der Waals surface area contributed by atoms with Crippen LogP contribution in [0.4, 0.5) is 0 Å². The van der Waals surface area contributed by atoms with E-state index in [2.05, 4.69) is 45.9 Å². The van der Waals surface area contributed by atoms with Gasteiger partial charge in [0.15, 0.2) is 0 Å². The third kappa shape index (κ3) is 2.90. The van der Waals surface area contributed by atoms with Gasteiger partial charge in [-0.25, -0.2) is 0 Å². The van der Waals surface area contributed by atoms with E-state index in [4.69, 9.17) is 4.74 Å². The average molecular weight is 232 g/mol. The molecule has 1 aliphatic rings. The van der Waals surface area contributed by atoms with Crippen molar-refractivity contribution in [2.45, 2.75) is 51.9 Å². The third-order valence-electron chi connectivity index (χ3n) is 3.81. The molecule has 1 aromatic carbocycles. The fourth-order valence-corrected chi connectivity index (χ4v) is 2.56. The summed E-state index contributed by atoms with van der Waals surface area (Å²) in [4.78, 5) is 0. The Labute approximate surface area is 105 Å². The summed E-state index contributed by atoms with van der Waals surface area (Å²) in [7, 11) is 0. The molecule has 0 unspecified atom stereocenters. The van der Waals surface area contributed by atoms with Crippen LogP contribution in [0.2, 0.25) is 0 Å². The number of hydrogen-bond acceptors (Lipinski definition) is 1. The molecule has 0 aliphatic carbocycles. The minimum Gasteiger partial charge on any atom is -0.381 e. The SMILES string of the molecule is Cc1ccc(C(C)(C)C)cc1C1CCOCC1. The number of benzene rings is 1. The lowest BCUT2D eigenvalue weighted by molar-refractivity contribution is 0.0852. The zero-order chi connectivity index (χ0) is 12.5. The van der Waals surface area contributed by atoms with Crippen LogP contribution in [0, 0.1) is 6.92 Å². The molecular formula is C16H24O. The number of rotatable bonds is 1. The highest BCUT2D eigenvalue weighted by atomic mass is 16.5. The Hall–Kier alpha value is -0.820. The van der Waals surface area contributed by atoms with Crippen molar-refractivity contribution in [2.75, 3.05) is 13.2 Å². The van der Waals surface area contributed by atoms with Gasteiger partial charge < -0.3 is 4.74 Å². The van der Waals surface area contributed by atoms with Crippen molar-refractivity contribution in [3.8, 4) is 0 Å². The zero-order valence-corrected chi connectivity index (χ0v) is 11.5. The largest absolute Gasteiger partial charge is 0.381 e. The number of ether oxygens (including phenoxy) is 1. The van der Waals surface area contributed by atoms with Crippen LogP contribution >= 0.6 is 0 Å². The van der Waals surface area contributed by atoms with Gasteiger partial charge in [0.2, 0.25) is 0 Å². The first-order valence-corrected chi connectivity index (χ1v) is 6.67. The van der Waals surface area contributed by atoms with E-state index in [0.29, 0.717) is 5.92 Å². The minimum absolute atomic E-state index is 0.244. The fourth-order valence-electron chi connectivity index (χ4n) is 2.56. The maximum atomic E-state index is 5.46. The molecule has 0 atom stereocenters. The molecule has 1 saturated heterocycles. The molecule has 0 saturated carbocycles. The molecular weight excluding hydrogens is 208 g/mol. The Morgan fingerprint density at radius 3 is 2.35 bits per heavy atom. The van der Waals surface area contributed by atoms with Gasteiger partial charge in [0.25, 0.3) is 0 Å². The van der Waals surface area contributed by atoms with E-state index in [1.807, 2.05) is 0 Å². The smallest absolute Gasteiger partial charge is 0.0471 e. The van der Waals surface area contributed by atoms with Gasteiger partial charge in [-0.05, 0) is 47.8 Å². The fraction of sp³-hybridized carbons (Fsp3) is 0.625. The van der Waals surface area contributed by atoms with Crippen molar-refractivity contribution < 1.29 is 4.74 Å². The van der Waals surface area contributed by atoms with Crippen molar-refractivity contribution in [1.29, 1.82) is 0 Å². The van der Waals surface area contributed by atoms with Crippen molar-refractivity contribution in [3.05, 3.63) is 34.9 Å². The molecule has 1 fully saturated rings. The van der Waals surface area contributed by atoms with E-state index < -0.39 is 0 Å². The van der Waals surface area contributed by atoms with Gasteiger partial charge in [0.1, 0.15) is 0 Å². The van der Waals surface area contributed by atoms with Crippen LogP contribution in [-0.4, -0.2) is 13.2 Å². The van der Waals surface area contributed by atoms with Gasteiger partial charge in [0, 0.05) is 13.2 Å². The average Bonchev–Trinajstić information content (AvgIpc) is 2.29. The molecule has 0 bridgehead atoms. The summed E-state index contributed by atoms with van der Waals surface area (Å²) in [5, 5.41) is 0. The minimum atomic E-state index is 0.244. The molecule has 0 amide bonds. The maximum absolute atomic E-state index is 5.46. The lowest BCUT2D eigenvalue weighted by Gasteiger charge is -2.27. The molecule has 1 heteroatoms. The summed E-state index contributed by atoms with van der Waals surface area (Å²) >= 11 is 0. The second-order valence-electron chi connectivity index (χ2n) is 6.21. The second-order valence-corrected chi connectivity index (χ2v) is 6.21. The van der Waals surface area contributed by atoms with Gasteiger partial charge >= 0.3 is 0 Å². The highest BCUT2D eigenvalue weighted by molar-refractivity contribution is 5.36. The lowest BCUT2D eigenvalue weighted by Crippen LogP contribution is -2.17. The first-order valence-electron chi connectivity index (χ1n) is 6.67.